The van der Waals surface area contributed by atoms with Crippen LogP contribution in [0.4, 0.5) is 0 Å². The predicted molar refractivity (Wildman–Crippen MR) is 120 cm³/mol. The van der Waals surface area contributed by atoms with Crippen molar-refractivity contribution in [1.29, 1.82) is 0 Å². The van der Waals surface area contributed by atoms with Crippen molar-refractivity contribution in [3.05, 3.63) is 46.3 Å². The van der Waals surface area contributed by atoms with E-state index in [1.165, 1.54) is 41.8 Å². The molecule has 1 aromatic heterocycles. The van der Waals surface area contributed by atoms with E-state index in [4.69, 9.17) is 9.97 Å². The highest BCUT2D eigenvalue weighted by Crippen LogP contribution is 2.63. The molecule has 4 aliphatic rings. The number of nitrogens with zero attached hydrogens (tertiary/aromatic N) is 2. The number of aliphatic hydroxyl groups excluding tert-OH is 1. The number of aliphatic hydroxyl groups is 1. The van der Waals surface area contributed by atoms with E-state index >= 15 is 0 Å². The summed E-state index contributed by atoms with van der Waals surface area (Å²) in [5.74, 6) is 2.11. The lowest BCUT2D eigenvalue weighted by Crippen LogP contribution is -2.51. The fraction of sp³-hybridized carbons (Fsp3) is 0.630. The molecule has 30 heavy (non-hydrogen) atoms. The van der Waals surface area contributed by atoms with Crippen LogP contribution in [0.3, 0.4) is 0 Å². The van der Waals surface area contributed by atoms with Crippen molar-refractivity contribution >= 4 is 11.0 Å². The Bertz CT molecular complexity index is 1090. The number of hydrogen-bond acceptors (Lipinski definition) is 3. The van der Waals surface area contributed by atoms with E-state index in [0.29, 0.717) is 5.92 Å². The van der Waals surface area contributed by atoms with Crippen molar-refractivity contribution in [2.75, 3.05) is 0 Å². The largest absolute Gasteiger partial charge is 0.393 e. The molecule has 0 saturated heterocycles. The van der Waals surface area contributed by atoms with Crippen LogP contribution in [0.25, 0.3) is 11.0 Å². The maximum atomic E-state index is 10.2. The van der Waals surface area contributed by atoms with E-state index in [0.717, 1.165) is 48.6 Å². The zero-order chi connectivity index (χ0) is 20.8. The molecule has 6 atom stereocenters. The van der Waals surface area contributed by atoms with Crippen LogP contribution in [0.1, 0.15) is 74.9 Å². The van der Waals surface area contributed by atoms with Gasteiger partial charge < -0.3 is 5.11 Å². The Kier molecular flexibility index (Phi) is 3.90. The van der Waals surface area contributed by atoms with Crippen LogP contribution in [0.15, 0.2) is 23.8 Å². The van der Waals surface area contributed by atoms with Gasteiger partial charge in [0, 0.05) is 5.41 Å². The highest BCUT2D eigenvalue weighted by molar-refractivity contribution is 5.77. The first-order valence-corrected chi connectivity index (χ1v) is 12.0. The zero-order valence-corrected chi connectivity index (χ0v) is 18.8. The van der Waals surface area contributed by atoms with Gasteiger partial charge in [0.15, 0.2) is 0 Å². The minimum atomic E-state index is -0.127. The molecule has 158 valence electrons. The summed E-state index contributed by atoms with van der Waals surface area (Å²) in [6, 6.07) is 4.44. The van der Waals surface area contributed by atoms with Gasteiger partial charge in [-0.2, -0.15) is 0 Å². The van der Waals surface area contributed by atoms with Crippen molar-refractivity contribution in [3.63, 3.8) is 0 Å². The predicted octanol–water partition coefficient (Wildman–Crippen LogP) is 5.58. The molecule has 1 heterocycles. The van der Waals surface area contributed by atoms with Gasteiger partial charge >= 0.3 is 0 Å². The van der Waals surface area contributed by atoms with Gasteiger partial charge in [-0.15, -0.1) is 0 Å². The summed E-state index contributed by atoms with van der Waals surface area (Å²) in [5.41, 5.74) is 9.29. The lowest BCUT2D eigenvalue weighted by Gasteiger charge is -2.57. The second-order valence-corrected chi connectivity index (χ2v) is 11.3. The molecule has 1 aromatic carbocycles. The molecule has 3 heteroatoms. The molecule has 0 unspecified atom stereocenters. The molecule has 0 bridgehead atoms. The number of aromatic nitrogens is 2. The van der Waals surface area contributed by atoms with E-state index in [1.807, 2.05) is 0 Å². The van der Waals surface area contributed by atoms with Crippen molar-refractivity contribution in [1.82, 2.24) is 9.97 Å². The van der Waals surface area contributed by atoms with Crippen molar-refractivity contribution in [2.45, 2.75) is 84.2 Å². The second-order valence-electron chi connectivity index (χ2n) is 11.3. The highest BCUT2D eigenvalue weighted by atomic mass is 16.3. The molecule has 0 spiro atoms. The first-order chi connectivity index (χ1) is 14.3. The van der Waals surface area contributed by atoms with Gasteiger partial charge in [-0.25, -0.2) is 9.97 Å². The number of allylic oxidation sites excluding steroid dienone is 1. The average molecular weight is 403 g/mol. The van der Waals surface area contributed by atoms with E-state index in [2.05, 4.69) is 45.9 Å². The number of aryl methyl sites for hydroxylation is 2. The minimum Gasteiger partial charge on any atom is -0.393 e. The Hall–Kier alpha value is -1.74. The normalized spacial score (nSPS) is 39.7. The Balaban J connectivity index is 1.42. The van der Waals surface area contributed by atoms with E-state index in [1.54, 1.807) is 5.57 Å². The van der Waals surface area contributed by atoms with Crippen LogP contribution in [0, 0.1) is 37.0 Å². The monoisotopic (exact) mass is 402 g/mol. The maximum Gasteiger partial charge on any atom is 0.0893 e. The summed E-state index contributed by atoms with van der Waals surface area (Å²) < 4.78 is 0. The fourth-order valence-corrected chi connectivity index (χ4v) is 7.79. The third-order valence-corrected chi connectivity index (χ3v) is 9.77. The summed E-state index contributed by atoms with van der Waals surface area (Å²) >= 11 is 0. The van der Waals surface area contributed by atoms with Crippen LogP contribution in [0.5, 0.6) is 0 Å². The summed E-state index contributed by atoms with van der Waals surface area (Å²) in [5, 5.41) is 10.2. The Morgan fingerprint density at radius 3 is 2.37 bits per heavy atom. The molecular formula is C27H34N2O. The molecule has 2 fully saturated rings. The SMILES string of the molecule is Cc1cc2nc3c(nc2cc1C)[C@@]1(C)CC[C@H]2[C@@H](CC=C4C[C@@H](O)CC[C@@]42C)[C@@H]1C3. The van der Waals surface area contributed by atoms with Gasteiger partial charge in [-0.05, 0) is 105 Å². The summed E-state index contributed by atoms with van der Waals surface area (Å²) in [4.78, 5) is 10.4. The molecule has 2 saturated carbocycles. The first-order valence-electron chi connectivity index (χ1n) is 12.0. The van der Waals surface area contributed by atoms with Gasteiger partial charge in [-0.3, -0.25) is 0 Å². The van der Waals surface area contributed by atoms with Crippen LogP contribution < -0.4 is 0 Å². The minimum absolute atomic E-state index is 0.127. The first kappa shape index (κ1) is 19.0. The van der Waals surface area contributed by atoms with Gasteiger partial charge in [-0.1, -0.05) is 25.5 Å². The molecular weight excluding hydrogens is 368 g/mol. The van der Waals surface area contributed by atoms with Gasteiger partial charge in [0.05, 0.1) is 28.5 Å². The molecule has 0 radical (unpaired) electrons. The number of benzene rings is 1. The summed E-state index contributed by atoms with van der Waals surface area (Å²) in [7, 11) is 0. The number of fused-ring (bicyclic) bond motifs is 8. The third-order valence-electron chi connectivity index (χ3n) is 9.77. The molecule has 6 rings (SSSR count). The quantitative estimate of drug-likeness (QED) is 0.585. The van der Waals surface area contributed by atoms with E-state index < -0.39 is 0 Å². The molecule has 2 aromatic rings. The summed E-state index contributed by atoms with van der Waals surface area (Å²) in [6.45, 7) is 9.33. The van der Waals surface area contributed by atoms with Crippen LogP contribution in [0.2, 0.25) is 0 Å². The molecule has 1 N–H and O–H groups in total. The van der Waals surface area contributed by atoms with Crippen molar-refractivity contribution in [3.8, 4) is 0 Å². The Morgan fingerprint density at radius 2 is 1.60 bits per heavy atom. The smallest absolute Gasteiger partial charge is 0.0893 e. The lowest BCUT2D eigenvalue weighted by atomic mass is 9.48. The number of rotatable bonds is 0. The molecule has 0 amide bonds. The van der Waals surface area contributed by atoms with Gasteiger partial charge in [0.1, 0.15) is 0 Å². The summed E-state index contributed by atoms with van der Waals surface area (Å²) in [6.07, 6.45) is 10.2. The van der Waals surface area contributed by atoms with Crippen LogP contribution in [-0.2, 0) is 11.8 Å². The Labute approximate surface area is 180 Å². The maximum absolute atomic E-state index is 10.2. The number of hydrogen-bond donors (Lipinski definition) is 1. The standard InChI is InChI=1S/C27H34N2O/c1-15-11-22-23(12-16(15)2)29-25-24(28-22)14-21-19-6-5-17-13-18(30)7-9-26(17,3)20(19)8-10-27(21,25)4/h5,11-12,18-21,30H,6-10,13-14H2,1-4H3/t18-,19+,20-,21-,26-,27-/m0/s1. The van der Waals surface area contributed by atoms with Crippen molar-refractivity contribution in [2.24, 2.45) is 23.2 Å². The third kappa shape index (κ3) is 2.42. The van der Waals surface area contributed by atoms with Crippen LogP contribution >= 0.6 is 0 Å². The van der Waals surface area contributed by atoms with E-state index in [-0.39, 0.29) is 16.9 Å². The molecule has 3 nitrogen and oxygen atoms in total. The molecule has 4 aliphatic carbocycles. The lowest BCUT2D eigenvalue weighted by molar-refractivity contribution is -0.0169. The second kappa shape index (κ2) is 6.16. The molecule has 0 aliphatic heterocycles. The van der Waals surface area contributed by atoms with Gasteiger partial charge in [0.25, 0.3) is 0 Å². The van der Waals surface area contributed by atoms with Crippen molar-refractivity contribution < 1.29 is 5.11 Å². The fourth-order valence-electron chi connectivity index (χ4n) is 7.79. The zero-order valence-electron chi connectivity index (χ0n) is 18.8. The topological polar surface area (TPSA) is 46.0 Å². The highest BCUT2D eigenvalue weighted by Gasteiger charge is 2.58. The van der Waals surface area contributed by atoms with Crippen LogP contribution in [-0.4, -0.2) is 21.2 Å². The van der Waals surface area contributed by atoms with E-state index in [9.17, 15) is 5.11 Å². The Morgan fingerprint density at radius 1 is 0.900 bits per heavy atom. The van der Waals surface area contributed by atoms with Gasteiger partial charge in [0.2, 0.25) is 0 Å². The average Bonchev–Trinajstić information content (AvgIpc) is 3.00.